The standard InChI is InChI=1S/C19H16FNO2/c20-16-7-2-1-4-14(16)18-13-6-3-5-12(13)15-10-11(19(22)23)8-9-17(15)21-18/h1-5,7-10,12-13,18,21H,6H2,(H,22,23)/t12-,13+,18-/m1/s1. The van der Waals surface area contributed by atoms with Gasteiger partial charge in [-0.25, -0.2) is 9.18 Å². The van der Waals surface area contributed by atoms with Crippen LogP contribution < -0.4 is 5.32 Å². The Balaban J connectivity index is 1.81. The van der Waals surface area contributed by atoms with Gasteiger partial charge in [-0.05, 0) is 42.2 Å². The molecule has 4 rings (SSSR count). The third-order valence-electron chi connectivity index (χ3n) is 4.85. The summed E-state index contributed by atoms with van der Waals surface area (Å²) in [4.78, 5) is 11.2. The zero-order chi connectivity index (χ0) is 16.0. The van der Waals surface area contributed by atoms with Gasteiger partial charge in [0.2, 0.25) is 0 Å². The second kappa shape index (κ2) is 5.23. The van der Waals surface area contributed by atoms with Crippen molar-refractivity contribution < 1.29 is 14.3 Å². The van der Waals surface area contributed by atoms with Crippen LogP contribution in [-0.2, 0) is 0 Å². The molecule has 0 amide bonds. The third kappa shape index (κ3) is 2.22. The summed E-state index contributed by atoms with van der Waals surface area (Å²) in [5.74, 6) is -0.817. The minimum atomic E-state index is -0.928. The van der Waals surface area contributed by atoms with E-state index in [1.165, 1.54) is 6.07 Å². The van der Waals surface area contributed by atoms with E-state index in [0.29, 0.717) is 5.56 Å². The van der Waals surface area contributed by atoms with E-state index >= 15 is 0 Å². The SMILES string of the molecule is O=C(O)c1ccc2c(c1)[C@@H]1C=CC[C@@H]1[C@H](c1ccccc1F)N2. The molecule has 0 radical (unpaired) electrons. The Morgan fingerprint density at radius 2 is 2.00 bits per heavy atom. The molecule has 2 aromatic rings. The molecule has 0 aromatic heterocycles. The molecule has 1 aliphatic heterocycles. The van der Waals surface area contributed by atoms with Crippen molar-refractivity contribution in [2.45, 2.75) is 18.4 Å². The number of benzene rings is 2. The average Bonchev–Trinajstić information content (AvgIpc) is 3.04. The molecule has 4 heteroatoms. The van der Waals surface area contributed by atoms with Crippen molar-refractivity contribution in [3.63, 3.8) is 0 Å². The van der Waals surface area contributed by atoms with Crippen LogP contribution in [0.2, 0.25) is 0 Å². The van der Waals surface area contributed by atoms with E-state index in [9.17, 15) is 14.3 Å². The van der Waals surface area contributed by atoms with E-state index < -0.39 is 5.97 Å². The number of hydrogen-bond donors (Lipinski definition) is 2. The summed E-state index contributed by atoms with van der Waals surface area (Å²) in [6, 6.07) is 11.8. The molecule has 0 saturated carbocycles. The van der Waals surface area contributed by atoms with Gasteiger partial charge < -0.3 is 10.4 Å². The topological polar surface area (TPSA) is 49.3 Å². The fourth-order valence-electron chi connectivity index (χ4n) is 3.76. The molecule has 0 bridgehead atoms. The number of allylic oxidation sites excluding steroid dienone is 2. The molecule has 23 heavy (non-hydrogen) atoms. The fraction of sp³-hybridized carbons (Fsp3) is 0.211. The van der Waals surface area contributed by atoms with Crippen molar-refractivity contribution in [2.75, 3.05) is 5.32 Å². The molecule has 0 spiro atoms. The number of aromatic carboxylic acids is 1. The van der Waals surface area contributed by atoms with Crippen LogP contribution in [0.15, 0.2) is 54.6 Å². The molecule has 3 atom stereocenters. The molecule has 0 saturated heterocycles. The Bertz CT molecular complexity index is 815. The van der Waals surface area contributed by atoms with Crippen LogP contribution in [0.3, 0.4) is 0 Å². The minimum absolute atomic E-state index is 0.112. The molecule has 2 N–H and O–H groups in total. The zero-order valence-corrected chi connectivity index (χ0v) is 12.4. The van der Waals surface area contributed by atoms with Crippen molar-refractivity contribution in [1.29, 1.82) is 0 Å². The van der Waals surface area contributed by atoms with Gasteiger partial charge in [0.15, 0.2) is 0 Å². The lowest BCUT2D eigenvalue weighted by atomic mass is 9.76. The van der Waals surface area contributed by atoms with Gasteiger partial charge in [0.25, 0.3) is 0 Å². The van der Waals surface area contributed by atoms with E-state index in [0.717, 1.165) is 17.7 Å². The second-order valence-corrected chi connectivity index (χ2v) is 6.10. The Labute approximate surface area is 133 Å². The first-order chi connectivity index (χ1) is 11.1. The quantitative estimate of drug-likeness (QED) is 0.811. The highest BCUT2D eigenvalue weighted by Gasteiger charge is 2.39. The summed E-state index contributed by atoms with van der Waals surface area (Å²) in [5.41, 5.74) is 2.82. The molecule has 2 aromatic carbocycles. The van der Waals surface area contributed by atoms with Crippen LogP contribution in [0.5, 0.6) is 0 Å². The van der Waals surface area contributed by atoms with Gasteiger partial charge in [-0.15, -0.1) is 0 Å². The monoisotopic (exact) mass is 309 g/mol. The van der Waals surface area contributed by atoms with Gasteiger partial charge >= 0.3 is 5.97 Å². The summed E-state index contributed by atoms with van der Waals surface area (Å²) < 4.78 is 14.2. The van der Waals surface area contributed by atoms with Crippen molar-refractivity contribution in [3.8, 4) is 0 Å². The number of carbonyl (C=O) groups is 1. The van der Waals surface area contributed by atoms with Crippen molar-refractivity contribution in [3.05, 3.63) is 77.1 Å². The van der Waals surface area contributed by atoms with Crippen LogP contribution in [0.25, 0.3) is 0 Å². The molecule has 1 heterocycles. The summed E-state index contributed by atoms with van der Waals surface area (Å²) >= 11 is 0. The van der Waals surface area contributed by atoms with Crippen LogP contribution >= 0.6 is 0 Å². The molecule has 2 aliphatic rings. The van der Waals surface area contributed by atoms with Crippen molar-refractivity contribution >= 4 is 11.7 Å². The molecular weight excluding hydrogens is 293 g/mol. The maximum absolute atomic E-state index is 14.2. The zero-order valence-electron chi connectivity index (χ0n) is 12.4. The number of hydrogen-bond acceptors (Lipinski definition) is 2. The van der Waals surface area contributed by atoms with Gasteiger partial charge in [0.05, 0.1) is 11.6 Å². The Hall–Kier alpha value is -2.62. The van der Waals surface area contributed by atoms with E-state index in [4.69, 9.17) is 0 Å². The molecular formula is C19H16FNO2. The maximum atomic E-state index is 14.2. The number of carboxylic acids is 1. The summed E-state index contributed by atoms with van der Waals surface area (Å²) in [7, 11) is 0. The van der Waals surface area contributed by atoms with E-state index in [1.54, 1.807) is 24.3 Å². The van der Waals surface area contributed by atoms with Gasteiger partial charge in [0.1, 0.15) is 5.82 Å². The Morgan fingerprint density at radius 3 is 2.78 bits per heavy atom. The molecule has 0 fully saturated rings. The Kier molecular flexibility index (Phi) is 3.18. The highest BCUT2D eigenvalue weighted by molar-refractivity contribution is 5.89. The summed E-state index contributed by atoms with van der Waals surface area (Å²) in [6.45, 7) is 0. The Morgan fingerprint density at radius 1 is 1.17 bits per heavy atom. The van der Waals surface area contributed by atoms with Crippen molar-refractivity contribution in [2.24, 2.45) is 5.92 Å². The number of nitrogens with one attached hydrogen (secondary N) is 1. The van der Waals surface area contributed by atoms with Gasteiger partial charge in [-0.2, -0.15) is 0 Å². The minimum Gasteiger partial charge on any atom is -0.478 e. The second-order valence-electron chi connectivity index (χ2n) is 6.10. The lowest BCUT2D eigenvalue weighted by Gasteiger charge is -2.37. The normalized spacial score (nSPS) is 24.7. The lowest BCUT2D eigenvalue weighted by molar-refractivity contribution is 0.0696. The van der Waals surface area contributed by atoms with Crippen molar-refractivity contribution in [1.82, 2.24) is 0 Å². The van der Waals surface area contributed by atoms with Gasteiger partial charge in [-0.3, -0.25) is 0 Å². The first kappa shape index (κ1) is 14.0. The van der Waals surface area contributed by atoms with Crippen LogP contribution in [0.1, 0.15) is 39.9 Å². The number of fused-ring (bicyclic) bond motifs is 3. The van der Waals surface area contributed by atoms with E-state index in [-0.39, 0.29) is 29.3 Å². The lowest BCUT2D eigenvalue weighted by Crippen LogP contribution is -2.29. The van der Waals surface area contributed by atoms with Gasteiger partial charge in [0, 0.05) is 17.2 Å². The van der Waals surface area contributed by atoms with Crippen LogP contribution in [-0.4, -0.2) is 11.1 Å². The molecule has 0 unspecified atom stereocenters. The molecule has 116 valence electrons. The van der Waals surface area contributed by atoms with Gasteiger partial charge in [-0.1, -0.05) is 30.4 Å². The highest BCUT2D eigenvalue weighted by atomic mass is 19.1. The highest BCUT2D eigenvalue weighted by Crippen LogP contribution is 2.50. The number of carboxylic acid groups (broad SMARTS) is 1. The summed E-state index contributed by atoms with van der Waals surface area (Å²) in [5, 5.41) is 12.6. The third-order valence-corrected chi connectivity index (χ3v) is 4.85. The van der Waals surface area contributed by atoms with E-state index in [1.807, 2.05) is 12.1 Å². The smallest absolute Gasteiger partial charge is 0.335 e. The number of anilines is 1. The first-order valence-corrected chi connectivity index (χ1v) is 7.70. The number of halogens is 1. The largest absolute Gasteiger partial charge is 0.478 e. The first-order valence-electron chi connectivity index (χ1n) is 7.70. The van der Waals surface area contributed by atoms with E-state index in [2.05, 4.69) is 17.5 Å². The summed E-state index contributed by atoms with van der Waals surface area (Å²) in [6.07, 6.45) is 5.07. The maximum Gasteiger partial charge on any atom is 0.335 e. The number of rotatable bonds is 2. The van der Waals surface area contributed by atoms with Crippen LogP contribution in [0.4, 0.5) is 10.1 Å². The average molecular weight is 309 g/mol. The predicted molar refractivity (Wildman–Crippen MR) is 86.2 cm³/mol. The molecule has 1 aliphatic carbocycles. The van der Waals surface area contributed by atoms with Crippen LogP contribution in [0, 0.1) is 11.7 Å². The fourth-order valence-corrected chi connectivity index (χ4v) is 3.76. The predicted octanol–water partition coefficient (Wildman–Crippen LogP) is 4.35. The molecule has 3 nitrogen and oxygen atoms in total.